The van der Waals surface area contributed by atoms with Crippen molar-refractivity contribution in [3.63, 3.8) is 0 Å². The lowest BCUT2D eigenvalue weighted by Crippen LogP contribution is -2.54. The Morgan fingerprint density at radius 3 is 2.08 bits per heavy atom. The summed E-state index contributed by atoms with van der Waals surface area (Å²) in [5.74, 6) is -3.89. The summed E-state index contributed by atoms with van der Waals surface area (Å²) in [6.45, 7) is 6.15. The van der Waals surface area contributed by atoms with E-state index in [1.165, 1.54) is 4.90 Å². The van der Waals surface area contributed by atoms with Crippen LogP contribution >= 0.6 is 0 Å². The highest BCUT2D eigenvalue weighted by molar-refractivity contribution is 5.95. The molecule has 1 unspecified atom stereocenters. The Hall–Kier alpha value is -4.13. The Labute approximate surface area is 289 Å². The number of carbonyl (C=O) groups is 5. The van der Waals surface area contributed by atoms with Gasteiger partial charge in [-0.1, -0.05) is 81.4 Å². The molecule has 12 heteroatoms. The van der Waals surface area contributed by atoms with E-state index in [9.17, 15) is 29.1 Å². The van der Waals surface area contributed by atoms with Crippen LogP contribution in [0.5, 0.6) is 0 Å². The molecule has 1 aliphatic rings. The lowest BCUT2D eigenvalue weighted by molar-refractivity contribution is -0.143. The minimum Gasteiger partial charge on any atom is -0.480 e. The molecule has 0 radical (unpaired) electrons. The second kappa shape index (κ2) is 18.6. The third-order valence-corrected chi connectivity index (χ3v) is 9.33. The lowest BCUT2D eigenvalue weighted by Gasteiger charge is -2.28. The predicted molar refractivity (Wildman–Crippen MR) is 188 cm³/mol. The molecule has 0 bridgehead atoms. The lowest BCUT2D eigenvalue weighted by atomic mass is 9.87. The molecule has 3 amide bonds. The number of rotatable bonds is 19. The van der Waals surface area contributed by atoms with Crippen LogP contribution in [0.15, 0.2) is 60.7 Å². The first kappa shape index (κ1) is 39.3. The van der Waals surface area contributed by atoms with Crippen LogP contribution in [0.25, 0.3) is 0 Å². The molecule has 1 aliphatic heterocycles. The minimum absolute atomic E-state index is 0.0456. The topological polar surface area (TPSA) is 211 Å². The second-order valence-corrected chi connectivity index (χ2v) is 13.8. The van der Waals surface area contributed by atoms with E-state index in [-0.39, 0.29) is 50.0 Å². The normalized spacial score (nSPS) is 19.0. The number of carboxylic acids is 1. The third-order valence-electron chi connectivity index (χ3n) is 9.33. The van der Waals surface area contributed by atoms with Crippen LogP contribution in [0.2, 0.25) is 0 Å². The number of carbonyl (C=O) groups excluding carboxylic acids is 4. The Kier molecular flexibility index (Phi) is 14.9. The zero-order valence-electron chi connectivity index (χ0n) is 29.0. The fraction of sp³-hybridized carbons (Fsp3) is 0.541. The highest BCUT2D eigenvalue weighted by Gasteiger charge is 2.44. The summed E-state index contributed by atoms with van der Waals surface area (Å²) >= 11 is 0. The van der Waals surface area contributed by atoms with Crippen LogP contribution in [0.4, 0.5) is 0 Å². The highest BCUT2D eigenvalue weighted by Crippen LogP contribution is 2.23. The van der Waals surface area contributed by atoms with E-state index in [1.54, 1.807) is 0 Å². The van der Waals surface area contributed by atoms with Crippen molar-refractivity contribution >= 4 is 29.5 Å². The van der Waals surface area contributed by atoms with Crippen LogP contribution in [0.1, 0.15) is 76.3 Å². The quantitative estimate of drug-likeness (QED) is 0.120. The van der Waals surface area contributed by atoms with Gasteiger partial charge in [-0.15, -0.1) is 0 Å². The molecule has 0 spiro atoms. The monoisotopic (exact) mass is 678 g/mol. The summed E-state index contributed by atoms with van der Waals surface area (Å²) in [5.41, 5.74) is 18.3. The van der Waals surface area contributed by atoms with E-state index in [4.69, 9.17) is 17.2 Å². The summed E-state index contributed by atoms with van der Waals surface area (Å²) in [4.78, 5) is 68.1. The van der Waals surface area contributed by atoms with Gasteiger partial charge in [-0.2, -0.15) is 0 Å². The van der Waals surface area contributed by atoms with Gasteiger partial charge in [0.05, 0.1) is 12.1 Å². The Morgan fingerprint density at radius 1 is 0.898 bits per heavy atom. The average Bonchev–Trinajstić information content (AvgIpc) is 3.50. The molecule has 9 N–H and O–H groups in total. The zero-order valence-corrected chi connectivity index (χ0v) is 29.0. The molecule has 3 rings (SSSR count). The van der Waals surface area contributed by atoms with Crippen molar-refractivity contribution in [2.24, 2.45) is 29.0 Å². The first-order valence-corrected chi connectivity index (χ1v) is 17.2. The number of likely N-dealkylation sites (tertiary alicyclic amines) is 1. The second-order valence-electron chi connectivity index (χ2n) is 13.8. The maximum absolute atomic E-state index is 14.0. The summed E-state index contributed by atoms with van der Waals surface area (Å²) in [5, 5.41) is 15.3. The van der Waals surface area contributed by atoms with Crippen molar-refractivity contribution in [2.75, 3.05) is 19.6 Å². The maximum Gasteiger partial charge on any atom is 0.325 e. The summed E-state index contributed by atoms with van der Waals surface area (Å²) in [6.07, 6.45) is 2.02. The molecule has 49 heavy (non-hydrogen) atoms. The van der Waals surface area contributed by atoms with E-state index in [0.29, 0.717) is 32.2 Å². The van der Waals surface area contributed by atoms with Gasteiger partial charge < -0.3 is 37.8 Å². The highest BCUT2D eigenvalue weighted by atomic mass is 16.4. The predicted octanol–water partition coefficient (Wildman–Crippen LogP) is 2.09. The van der Waals surface area contributed by atoms with Gasteiger partial charge in [0, 0.05) is 31.3 Å². The van der Waals surface area contributed by atoms with E-state index >= 15 is 0 Å². The number of benzene rings is 2. The third kappa shape index (κ3) is 11.5. The number of carboxylic acid groups (broad SMARTS) is 1. The van der Waals surface area contributed by atoms with Crippen LogP contribution in [0, 0.1) is 11.8 Å². The van der Waals surface area contributed by atoms with Gasteiger partial charge in [-0.05, 0) is 62.1 Å². The standard InChI is InChI=1S/C37H54N6O6/c1-24(2)20-28(33(45)41-29(16-10-11-18-38)35(47)43-19-17-37(40,23-43)36(48)49)22-31(44)30(21-26-12-6-4-7-13-26)42-34(46)32(39)25(3)27-14-8-5-9-15-27/h4-9,12-15,24-25,28-30,32H,10-11,16-23,38-40H2,1-3H3,(H,41,45)(H,42,46)(H,48,49)/t25-,28+,29-,30-,32-,37?/m1/s1. The molecule has 0 aliphatic carbocycles. The summed E-state index contributed by atoms with van der Waals surface area (Å²) in [6, 6.07) is 16.0. The molecule has 1 heterocycles. The van der Waals surface area contributed by atoms with Crippen LogP contribution in [-0.4, -0.2) is 82.8 Å². The van der Waals surface area contributed by atoms with Gasteiger partial charge in [0.25, 0.3) is 0 Å². The Morgan fingerprint density at radius 2 is 1.51 bits per heavy atom. The molecule has 2 aromatic rings. The number of hydrogen-bond donors (Lipinski definition) is 6. The van der Waals surface area contributed by atoms with Crippen molar-refractivity contribution in [3.8, 4) is 0 Å². The number of nitrogens with one attached hydrogen (secondary N) is 2. The Bertz CT molecular complexity index is 1410. The number of amides is 3. The number of nitrogens with zero attached hydrogens (tertiary/aromatic N) is 1. The van der Waals surface area contributed by atoms with Gasteiger partial charge in [0.2, 0.25) is 17.7 Å². The number of nitrogens with two attached hydrogens (primary N) is 3. The van der Waals surface area contributed by atoms with Crippen molar-refractivity contribution in [1.29, 1.82) is 0 Å². The average molecular weight is 679 g/mol. The molecule has 0 aromatic heterocycles. The van der Waals surface area contributed by atoms with Gasteiger partial charge in [0.1, 0.15) is 11.6 Å². The minimum atomic E-state index is -1.55. The number of unbranched alkanes of at least 4 members (excludes halogenated alkanes) is 1. The number of ketones is 1. The van der Waals surface area contributed by atoms with Gasteiger partial charge in [-0.25, -0.2) is 0 Å². The molecular formula is C37H54N6O6. The smallest absolute Gasteiger partial charge is 0.325 e. The molecule has 12 nitrogen and oxygen atoms in total. The summed E-state index contributed by atoms with van der Waals surface area (Å²) < 4.78 is 0. The summed E-state index contributed by atoms with van der Waals surface area (Å²) in [7, 11) is 0. The molecule has 6 atom stereocenters. The van der Waals surface area contributed by atoms with E-state index in [1.807, 2.05) is 81.4 Å². The largest absolute Gasteiger partial charge is 0.480 e. The molecule has 1 fully saturated rings. The molecule has 2 aromatic carbocycles. The van der Waals surface area contributed by atoms with Crippen LogP contribution in [0.3, 0.4) is 0 Å². The molecule has 0 saturated carbocycles. The zero-order chi connectivity index (χ0) is 36.1. The van der Waals surface area contributed by atoms with Crippen molar-refractivity contribution < 1.29 is 29.1 Å². The SMILES string of the molecule is CC(C)C[C@@H](CC(=O)[C@@H](Cc1ccccc1)NC(=O)[C@H](N)[C@H](C)c1ccccc1)C(=O)N[C@H](CCCCN)C(=O)N1CCC(N)(C(=O)O)C1. The van der Waals surface area contributed by atoms with E-state index in [0.717, 1.165) is 11.1 Å². The number of aliphatic carboxylic acids is 1. The van der Waals surface area contributed by atoms with E-state index in [2.05, 4.69) is 10.6 Å². The fourth-order valence-corrected chi connectivity index (χ4v) is 6.25. The first-order valence-electron chi connectivity index (χ1n) is 17.2. The van der Waals surface area contributed by atoms with Crippen molar-refractivity contribution in [2.45, 2.75) is 95.3 Å². The van der Waals surface area contributed by atoms with Crippen LogP contribution < -0.4 is 27.8 Å². The van der Waals surface area contributed by atoms with Crippen molar-refractivity contribution in [1.82, 2.24) is 15.5 Å². The van der Waals surface area contributed by atoms with Gasteiger partial charge in [0.15, 0.2) is 5.78 Å². The molecular weight excluding hydrogens is 624 g/mol. The Balaban J connectivity index is 1.80. The molecule has 268 valence electrons. The van der Waals surface area contributed by atoms with Gasteiger partial charge in [-0.3, -0.25) is 24.0 Å². The molecule has 1 saturated heterocycles. The van der Waals surface area contributed by atoms with E-state index < -0.39 is 53.3 Å². The van der Waals surface area contributed by atoms with Crippen molar-refractivity contribution in [3.05, 3.63) is 71.8 Å². The number of hydrogen-bond acceptors (Lipinski definition) is 8. The first-order chi connectivity index (χ1) is 23.2. The van der Waals surface area contributed by atoms with Gasteiger partial charge >= 0.3 is 5.97 Å². The van der Waals surface area contributed by atoms with Crippen LogP contribution in [-0.2, 0) is 30.4 Å². The maximum atomic E-state index is 14.0. The number of Topliss-reactive ketones (excluding diaryl/α,β-unsaturated/α-hetero) is 1. The fourth-order valence-electron chi connectivity index (χ4n) is 6.25.